The van der Waals surface area contributed by atoms with Gasteiger partial charge >= 0.3 is 6.09 Å². The average Bonchev–Trinajstić information content (AvgIpc) is 3.78. The van der Waals surface area contributed by atoms with E-state index >= 15 is 0 Å². The first-order valence-electron chi connectivity index (χ1n) is 16.8. The Kier molecular flexibility index (Phi) is 9.13. The molecule has 1 atom stereocenters. The lowest BCUT2D eigenvalue weighted by molar-refractivity contribution is 0.0275. The topological polar surface area (TPSA) is 140 Å². The average molecular weight is 707 g/mol. The van der Waals surface area contributed by atoms with Gasteiger partial charge in [-0.15, -0.1) is 0 Å². The van der Waals surface area contributed by atoms with Gasteiger partial charge in [-0.3, -0.25) is 0 Å². The smallest absolute Gasteiger partial charge is 0.410 e. The number of carbonyl (C=O) groups is 1. The number of hydrogen-bond donors (Lipinski definition) is 0. The first-order valence-corrected chi connectivity index (χ1v) is 18.3. The van der Waals surface area contributed by atoms with Gasteiger partial charge in [-0.25, -0.2) is 27.2 Å². The molecule has 3 aromatic carbocycles. The molecule has 2 aliphatic rings. The second-order valence-corrected chi connectivity index (χ2v) is 15.3. The van der Waals surface area contributed by atoms with E-state index in [1.54, 1.807) is 59.5 Å². The summed E-state index contributed by atoms with van der Waals surface area (Å²) in [7, 11) is -4.09. The molecule has 7 rings (SSSR count). The van der Waals surface area contributed by atoms with Gasteiger partial charge in [-0.1, -0.05) is 30.3 Å². The van der Waals surface area contributed by atoms with E-state index in [1.807, 2.05) is 45.0 Å². The van der Waals surface area contributed by atoms with Gasteiger partial charge in [-0.05, 0) is 74.9 Å². The number of anilines is 1. The van der Waals surface area contributed by atoms with Crippen molar-refractivity contribution in [3.05, 3.63) is 90.8 Å². The van der Waals surface area contributed by atoms with Gasteiger partial charge in [0, 0.05) is 42.7 Å². The van der Waals surface area contributed by atoms with Crippen LogP contribution in [0.4, 0.5) is 10.5 Å². The molecule has 1 amide bonds. The van der Waals surface area contributed by atoms with Crippen molar-refractivity contribution >= 4 is 32.8 Å². The number of hydrogen-bond acceptors (Lipinski definition) is 10. The van der Waals surface area contributed by atoms with Gasteiger partial charge < -0.3 is 24.0 Å². The maximum atomic E-state index is 14.3. The van der Waals surface area contributed by atoms with Crippen molar-refractivity contribution in [2.24, 2.45) is 0 Å². The Hall–Kier alpha value is -5.45. The minimum Gasteiger partial charge on any atom is -0.487 e. The van der Waals surface area contributed by atoms with E-state index in [4.69, 9.17) is 14.2 Å². The van der Waals surface area contributed by atoms with Crippen LogP contribution in [0.5, 0.6) is 5.75 Å². The molecule has 0 saturated carbocycles. The van der Waals surface area contributed by atoms with Gasteiger partial charge in [0.15, 0.2) is 5.65 Å². The molecule has 2 fully saturated rings. The summed E-state index contributed by atoms with van der Waals surface area (Å²) in [6.07, 6.45) is 1.22. The normalized spacial score (nSPS) is 16.6. The second-order valence-electron chi connectivity index (χ2n) is 13.5. The minimum absolute atomic E-state index is 0.124. The van der Waals surface area contributed by atoms with E-state index in [1.165, 1.54) is 10.3 Å². The minimum atomic E-state index is -4.09. The summed E-state index contributed by atoms with van der Waals surface area (Å²) in [5.74, 6) is 0.382. The van der Waals surface area contributed by atoms with E-state index in [9.17, 15) is 18.5 Å². The number of nitrogens with zero attached hydrogens (tertiary/aromatic N) is 6. The number of fused-ring (bicyclic) bond motifs is 1. The predicted octanol–water partition coefficient (Wildman–Crippen LogP) is 6.10. The van der Waals surface area contributed by atoms with Crippen LogP contribution in [0.3, 0.4) is 0 Å². The fourth-order valence-corrected chi connectivity index (χ4v) is 7.89. The van der Waals surface area contributed by atoms with Crippen molar-refractivity contribution in [2.45, 2.75) is 43.8 Å². The summed E-state index contributed by atoms with van der Waals surface area (Å²) in [4.78, 5) is 25.6. The number of rotatable bonds is 7. The molecule has 4 heterocycles. The number of nitriles is 1. The van der Waals surface area contributed by atoms with Crippen molar-refractivity contribution in [3.63, 3.8) is 0 Å². The lowest BCUT2D eigenvalue weighted by Crippen LogP contribution is -2.36. The quantitative estimate of drug-likeness (QED) is 0.195. The number of amides is 1. The predicted molar refractivity (Wildman–Crippen MR) is 192 cm³/mol. The largest absolute Gasteiger partial charge is 0.487 e. The fraction of sp³-hybridized carbons (Fsp3) is 0.316. The summed E-state index contributed by atoms with van der Waals surface area (Å²) < 4.78 is 47.1. The van der Waals surface area contributed by atoms with Crippen LogP contribution < -0.4 is 9.64 Å². The van der Waals surface area contributed by atoms with Gasteiger partial charge in [0.1, 0.15) is 29.9 Å². The first kappa shape index (κ1) is 34.0. The molecule has 0 bridgehead atoms. The Morgan fingerprint density at radius 2 is 1.67 bits per heavy atom. The summed E-state index contributed by atoms with van der Waals surface area (Å²) >= 11 is 0. The van der Waals surface area contributed by atoms with Crippen LogP contribution in [-0.2, 0) is 19.5 Å². The Balaban J connectivity index is 1.25. The molecule has 0 spiro atoms. The van der Waals surface area contributed by atoms with Gasteiger partial charge in [0.25, 0.3) is 10.0 Å². The first-order chi connectivity index (χ1) is 24.5. The van der Waals surface area contributed by atoms with Crippen LogP contribution >= 0.6 is 0 Å². The highest BCUT2D eigenvalue weighted by molar-refractivity contribution is 7.90. The number of carbonyl (C=O) groups excluding carboxylic acids is 1. The molecule has 2 aromatic heterocycles. The van der Waals surface area contributed by atoms with Gasteiger partial charge in [-0.2, -0.15) is 5.26 Å². The summed E-state index contributed by atoms with van der Waals surface area (Å²) in [5, 5.41) is 10.7. The third-order valence-electron chi connectivity index (χ3n) is 8.84. The molecule has 262 valence electrons. The highest BCUT2D eigenvalue weighted by Crippen LogP contribution is 2.37. The Bertz CT molecular complexity index is 2220. The Labute approximate surface area is 296 Å². The highest BCUT2D eigenvalue weighted by Gasteiger charge is 2.32. The van der Waals surface area contributed by atoms with Crippen LogP contribution in [0.15, 0.2) is 90.1 Å². The zero-order chi connectivity index (χ0) is 35.8. The monoisotopic (exact) mass is 706 g/mol. The maximum Gasteiger partial charge on any atom is 0.410 e. The third kappa shape index (κ3) is 6.97. The van der Waals surface area contributed by atoms with E-state index in [2.05, 4.69) is 20.9 Å². The zero-order valence-electron chi connectivity index (χ0n) is 28.7. The van der Waals surface area contributed by atoms with Crippen molar-refractivity contribution in [2.75, 3.05) is 44.3 Å². The Morgan fingerprint density at radius 3 is 2.37 bits per heavy atom. The van der Waals surface area contributed by atoms with Crippen molar-refractivity contribution in [3.8, 4) is 34.3 Å². The lowest BCUT2D eigenvalue weighted by Gasteiger charge is -2.28. The lowest BCUT2D eigenvalue weighted by atomic mass is 10.0. The van der Waals surface area contributed by atoms with Crippen LogP contribution in [0.2, 0.25) is 0 Å². The Morgan fingerprint density at radius 1 is 0.941 bits per heavy atom. The molecule has 13 heteroatoms. The molecule has 0 radical (unpaired) electrons. The second kappa shape index (κ2) is 13.7. The van der Waals surface area contributed by atoms with Crippen LogP contribution in [0, 0.1) is 11.3 Å². The van der Waals surface area contributed by atoms with Crippen molar-refractivity contribution < 1.29 is 27.4 Å². The highest BCUT2D eigenvalue weighted by atomic mass is 32.2. The summed E-state index contributed by atoms with van der Waals surface area (Å²) in [5.41, 5.74) is 3.10. The number of likely N-dealkylation sites (tertiary alicyclic amines) is 1. The maximum absolute atomic E-state index is 14.3. The molecular weight excluding hydrogens is 669 g/mol. The van der Waals surface area contributed by atoms with E-state index in [-0.39, 0.29) is 22.2 Å². The van der Waals surface area contributed by atoms with Gasteiger partial charge in [0.2, 0.25) is 0 Å². The zero-order valence-corrected chi connectivity index (χ0v) is 29.5. The molecule has 12 nitrogen and oxygen atoms in total. The van der Waals surface area contributed by atoms with Gasteiger partial charge in [0.05, 0.1) is 41.6 Å². The number of aromatic nitrogens is 3. The molecule has 51 heavy (non-hydrogen) atoms. The fourth-order valence-electron chi connectivity index (χ4n) is 6.39. The summed E-state index contributed by atoms with van der Waals surface area (Å²) in [6, 6.07) is 25.2. The SMILES string of the molecule is CC(C)(C)OC(=O)N1CC[C@@H](Oc2ccc(-c3ncnc4c3cc(-c3ccc(N5CCOCC5)cc3)n4S(=O)(=O)c3ccccc3)cc2C#N)C1. The molecule has 0 aliphatic carbocycles. The molecule has 0 N–H and O–H groups in total. The summed E-state index contributed by atoms with van der Waals surface area (Å²) in [6.45, 7) is 9.16. The van der Waals surface area contributed by atoms with E-state index in [0.717, 1.165) is 18.8 Å². The van der Waals surface area contributed by atoms with Crippen molar-refractivity contribution in [1.29, 1.82) is 5.26 Å². The van der Waals surface area contributed by atoms with Crippen molar-refractivity contribution in [1.82, 2.24) is 18.8 Å². The van der Waals surface area contributed by atoms with E-state index in [0.29, 0.717) is 66.4 Å². The standard InChI is InChI=1S/C38H38N6O6S/c1-38(2,3)50-37(45)43-16-15-30(24-43)49-34-14-11-27(21-28(34)23-39)35-32-22-33(26-9-12-29(13-10-26)42-17-19-48-20-18-42)44(36(32)41-25-40-35)51(46,47)31-7-5-4-6-8-31/h4-14,21-22,25,30H,15-20,24H2,1-3H3/t30-/m1/s1. The molecule has 5 aromatic rings. The molecule has 2 saturated heterocycles. The third-order valence-corrected chi connectivity index (χ3v) is 10.6. The molecular formula is C38H38N6O6S. The number of morpholine rings is 1. The van der Waals surface area contributed by atoms with Crippen LogP contribution in [-0.4, -0.2) is 84.4 Å². The van der Waals surface area contributed by atoms with Crippen LogP contribution in [0.25, 0.3) is 33.5 Å². The van der Waals surface area contributed by atoms with Crippen LogP contribution in [0.1, 0.15) is 32.8 Å². The van der Waals surface area contributed by atoms with E-state index < -0.39 is 21.7 Å². The number of ether oxygens (including phenoxy) is 3. The molecule has 2 aliphatic heterocycles. The molecule has 0 unspecified atom stereocenters. The number of benzene rings is 3.